The van der Waals surface area contributed by atoms with Crippen LogP contribution in [0.4, 0.5) is 0 Å². The molecule has 1 atom stereocenters. The van der Waals surface area contributed by atoms with Gasteiger partial charge in [0.1, 0.15) is 0 Å². The maximum Gasteiger partial charge on any atom is 0.0547 e. The molecule has 1 nitrogen and oxygen atoms in total. The summed E-state index contributed by atoms with van der Waals surface area (Å²) in [4.78, 5) is 0. The SMILES string of the molecule is CCCCCCCCSC(C)CO. The molecule has 1 N–H and O–H groups in total. The van der Waals surface area contributed by atoms with Crippen LogP contribution >= 0.6 is 11.8 Å². The lowest BCUT2D eigenvalue weighted by Crippen LogP contribution is -2.02. The summed E-state index contributed by atoms with van der Waals surface area (Å²) in [5.74, 6) is 1.22. The summed E-state index contributed by atoms with van der Waals surface area (Å²) in [6.45, 7) is 4.65. The molecule has 0 rings (SSSR count). The van der Waals surface area contributed by atoms with E-state index in [1.807, 2.05) is 11.8 Å². The van der Waals surface area contributed by atoms with E-state index in [-0.39, 0.29) is 0 Å². The van der Waals surface area contributed by atoms with Crippen LogP contribution in [0.3, 0.4) is 0 Å². The molecule has 0 bridgehead atoms. The number of rotatable bonds is 9. The van der Waals surface area contributed by atoms with Gasteiger partial charge in [0.2, 0.25) is 0 Å². The van der Waals surface area contributed by atoms with Gasteiger partial charge in [0, 0.05) is 5.25 Å². The number of hydrogen-bond donors (Lipinski definition) is 1. The van der Waals surface area contributed by atoms with Crippen LogP contribution in [-0.4, -0.2) is 22.7 Å². The Bertz CT molecular complexity index is 96.1. The lowest BCUT2D eigenvalue weighted by Gasteiger charge is -2.06. The van der Waals surface area contributed by atoms with Crippen molar-refractivity contribution in [1.29, 1.82) is 0 Å². The third kappa shape index (κ3) is 10.2. The number of thioether (sulfide) groups is 1. The van der Waals surface area contributed by atoms with Gasteiger partial charge < -0.3 is 5.11 Å². The van der Waals surface area contributed by atoms with Crippen molar-refractivity contribution < 1.29 is 5.11 Å². The molecule has 0 radical (unpaired) electrons. The van der Waals surface area contributed by atoms with Crippen molar-refractivity contribution in [3.63, 3.8) is 0 Å². The average Bonchev–Trinajstić information content (AvgIpc) is 2.16. The molecule has 0 aliphatic rings. The summed E-state index contributed by atoms with van der Waals surface area (Å²) < 4.78 is 0. The van der Waals surface area contributed by atoms with Gasteiger partial charge in [-0.15, -0.1) is 0 Å². The molecule has 0 amide bonds. The Kier molecular flexibility index (Phi) is 10.6. The van der Waals surface area contributed by atoms with Gasteiger partial charge in [0.05, 0.1) is 6.61 Å². The van der Waals surface area contributed by atoms with Crippen molar-refractivity contribution in [2.75, 3.05) is 12.4 Å². The Labute approximate surface area is 87.3 Å². The fourth-order valence-electron chi connectivity index (χ4n) is 1.22. The van der Waals surface area contributed by atoms with Gasteiger partial charge in [-0.1, -0.05) is 46.0 Å². The monoisotopic (exact) mass is 204 g/mol. The van der Waals surface area contributed by atoms with E-state index in [9.17, 15) is 0 Å². The molecular formula is C11H24OS. The highest BCUT2D eigenvalue weighted by molar-refractivity contribution is 7.99. The minimum atomic E-state index is 0.320. The highest BCUT2D eigenvalue weighted by Gasteiger charge is 1.98. The van der Waals surface area contributed by atoms with Crippen molar-refractivity contribution in [2.45, 2.75) is 57.6 Å². The Hall–Kier alpha value is 0.310. The smallest absolute Gasteiger partial charge is 0.0547 e. The summed E-state index contributed by atoms with van der Waals surface area (Å²) in [5.41, 5.74) is 0. The van der Waals surface area contributed by atoms with E-state index in [4.69, 9.17) is 5.11 Å². The van der Waals surface area contributed by atoms with Crippen LogP contribution < -0.4 is 0 Å². The molecule has 0 heterocycles. The first-order valence-corrected chi connectivity index (χ1v) is 6.58. The van der Waals surface area contributed by atoms with Crippen LogP contribution in [0.2, 0.25) is 0 Å². The molecule has 0 aromatic rings. The molecule has 0 saturated carbocycles. The van der Waals surface area contributed by atoms with E-state index in [0.717, 1.165) is 0 Å². The summed E-state index contributed by atoms with van der Waals surface area (Å²) in [7, 11) is 0. The standard InChI is InChI=1S/C11H24OS/c1-3-4-5-6-7-8-9-13-11(2)10-12/h11-12H,3-10H2,1-2H3. The zero-order chi connectivity index (χ0) is 9.94. The number of unbranched alkanes of at least 4 members (excludes halogenated alkanes) is 5. The summed E-state index contributed by atoms with van der Waals surface area (Å²) in [6.07, 6.45) is 8.19. The summed E-state index contributed by atoms with van der Waals surface area (Å²) in [6, 6.07) is 0. The molecule has 2 heteroatoms. The number of aliphatic hydroxyl groups excluding tert-OH is 1. The van der Waals surface area contributed by atoms with E-state index in [1.165, 1.54) is 44.3 Å². The topological polar surface area (TPSA) is 20.2 Å². The van der Waals surface area contributed by atoms with Gasteiger partial charge in [0.15, 0.2) is 0 Å². The fourth-order valence-corrected chi connectivity index (χ4v) is 2.10. The summed E-state index contributed by atoms with van der Waals surface area (Å²) in [5, 5.41) is 9.21. The van der Waals surface area contributed by atoms with Crippen LogP contribution in [0.15, 0.2) is 0 Å². The third-order valence-corrected chi connectivity index (χ3v) is 3.40. The quantitative estimate of drug-likeness (QED) is 0.580. The van der Waals surface area contributed by atoms with Crippen molar-refractivity contribution in [3.8, 4) is 0 Å². The molecular weight excluding hydrogens is 180 g/mol. The Morgan fingerprint density at radius 1 is 1.08 bits per heavy atom. The average molecular weight is 204 g/mol. The van der Waals surface area contributed by atoms with Crippen molar-refractivity contribution >= 4 is 11.8 Å². The highest BCUT2D eigenvalue weighted by atomic mass is 32.2. The van der Waals surface area contributed by atoms with E-state index in [0.29, 0.717) is 11.9 Å². The van der Waals surface area contributed by atoms with Crippen molar-refractivity contribution in [2.24, 2.45) is 0 Å². The van der Waals surface area contributed by atoms with Gasteiger partial charge in [0.25, 0.3) is 0 Å². The van der Waals surface area contributed by atoms with Gasteiger partial charge in [-0.2, -0.15) is 11.8 Å². The third-order valence-electron chi connectivity index (χ3n) is 2.16. The van der Waals surface area contributed by atoms with Crippen molar-refractivity contribution in [1.82, 2.24) is 0 Å². The number of hydrogen-bond acceptors (Lipinski definition) is 2. The molecule has 1 unspecified atom stereocenters. The van der Waals surface area contributed by atoms with Crippen LogP contribution in [0.1, 0.15) is 52.4 Å². The fraction of sp³-hybridized carbons (Fsp3) is 1.00. The first-order chi connectivity index (χ1) is 6.31. The maximum atomic E-state index is 8.79. The van der Waals surface area contributed by atoms with Crippen LogP contribution in [0.25, 0.3) is 0 Å². The Morgan fingerprint density at radius 3 is 2.31 bits per heavy atom. The van der Waals surface area contributed by atoms with Crippen LogP contribution in [-0.2, 0) is 0 Å². The van der Waals surface area contributed by atoms with Crippen molar-refractivity contribution in [3.05, 3.63) is 0 Å². The molecule has 0 aliphatic carbocycles. The second-order valence-electron chi connectivity index (χ2n) is 3.63. The Morgan fingerprint density at radius 2 is 1.69 bits per heavy atom. The minimum absolute atomic E-state index is 0.320. The molecule has 0 fully saturated rings. The van der Waals surface area contributed by atoms with E-state index >= 15 is 0 Å². The molecule has 13 heavy (non-hydrogen) atoms. The van der Waals surface area contributed by atoms with Gasteiger partial charge in [-0.05, 0) is 12.2 Å². The highest BCUT2D eigenvalue weighted by Crippen LogP contribution is 2.13. The van der Waals surface area contributed by atoms with Gasteiger partial charge in [-0.3, -0.25) is 0 Å². The minimum Gasteiger partial charge on any atom is -0.395 e. The molecule has 0 aliphatic heterocycles. The normalized spacial score (nSPS) is 13.2. The summed E-state index contributed by atoms with van der Waals surface area (Å²) >= 11 is 1.89. The van der Waals surface area contributed by atoms with Gasteiger partial charge >= 0.3 is 0 Å². The van der Waals surface area contributed by atoms with Crippen LogP contribution in [0, 0.1) is 0 Å². The second-order valence-corrected chi connectivity index (χ2v) is 5.18. The zero-order valence-corrected chi connectivity index (χ0v) is 9.91. The predicted molar refractivity (Wildman–Crippen MR) is 62.4 cm³/mol. The van der Waals surface area contributed by atoms with E-state index in [2.05, 4.69) is 13.8 Å². The largest absolute Gasteiger partial charge is 0.395 e. The lowest BCUT2D eigenvalue weighted by molar-refractivity contribution is 0.300. The molecule has 0 aromatic heterocycles. The van der Waals surface area contributed by atoms with Crippen LogP contribution in [0.5, 0.6) is 0 Å². The first kappa shape index (κ1) is 13.3. The molecule has 0 saturated heterocycles. The first-order valence-electron chi connectivity index (χ1n) is 5.53. The molecule has 80 valence electrons. The zero-order valence-electron chi connectivity index (χ0n) is 9.09. The Balaban J connectivity index is 2.91. The van der Waals surface area contributed by atoms with E-state index < -0.39 is 0 Å². The van der Waals surface area contributed by atoms with Gasteiger partial charge in [-0.25, -0.2) is 0 Å². The molecule has 0 spiro atoms. The maximum absolute atomic E-state index is 8.79. The lowest BCUT2D eigenvalue weighted by atomic mass is 10.1. The number of aliphatic hydroxyl groups is 1. The van der Waals surface area contributed by atoms with E-state index in [1.54, 1.807) is 0 Å². The second kappa shape index (κ2) is 10.4. The predicted octanol–water partition coefficient (Wildman–Crippen LogP) is 3.46. The molecule has 0 aromatic carbocycles.